The van der Waals surface area contributed by atoms with Crippen molar-refractivity contribution in [1.29, 1.82) is 5.41 Å². The molecule has 114 valence electrons. The third-order valence-corrected chi connectivity index (χ3v) is 3.18. The van der Waals surface area contributed by atoms with Crippen molar-refractivity contribution in [3.8, 4) is 5.75 Å². The number of carbonyl (C=O) groups excluding carboxylic acids is 1. The van der Waals surface area contributed by atoms with Gasteiger partial charge in [0.25, 0.3) is 0 Å². The molecule has 1 aliphatic carbocycles. The van der Waals surface area contributed by atoms with Gasteiger partial charge in [-0.15, -0.1) is 0 Å². The zero-order valence-corrected chi connectivity index (χ0v) is 12.4. The minimum absolute atomic E-state index is 0.0965. The Morgan fingerprint density at radius 3 is 2.55 bits per heavy atom. The maximum Gasteiger partial charge on any atom is 0.209 e. The molecule has 0 heterocycles. The van der Waals surface area contributed by atoms with Crippen molar-refractivity contribution < 1.29 is 13.9 Å². The highest BCUT2D eigenvalue weighted by Crippen LogP contribution is 2.20. The smallest absolute Gasteiger partial charge is 0.209 e. The zero-order chi connectivity index (χ0) is 16.1. The predicted molar refractivity (Wildman–Crippen MR) is 84.1 cm³/mol. The Morgan fingerprint density at radius 2 is 1.95 bits per heavy atom. The molecule has 2 rings (SSSR count). The molecule has 4 nitrogen and oxygen atoms in total. The first-order valence-electron chi connectivity index (χ1n) is 6.88. The number of ketones is 1. The summed E-state index contributed by atoms with van der Waals surface area (Å²) in [5.41, 5.74) is 1.01. The van der Waals surface area contributed by atoms with E-state index >= 15 is 0 Å². The van der Waals surface area contributed by atoms with Crippen LogP contribution in [-0.4, -0.2) is 25.1 Å². The zero-order valence-electron chi connectivity index (χ0n) is 12.4. The number of likely N-dealkylation sites (N-methyl/N-ethyl adjacent to an activating group) is 1. The van der Waals surface area contributed by atoms with Gasteiger partial charge in [0, 0.05) is 17.7 Å². The third-order valence-electron chi connectivity index (χ3n) is 3.18. The van der Waals surface area contributed by atoms with Crippen molar-refractivity contribution in [2.45, 2.75) is 6.92 Å². The molecule has 0 saturated carbocycles. The molecule has 0 bridgehead atoms. The number of methoxy groups -OCH3 is 1. The number of nitrogens with one attached hydrogen (secondary N) is 2. The van der Waals surface area contributed by atoms with Crippen molar-refractivity contribution >= 4 is 11.5 Å². The Labute approximate surface area is 128 Å². The molecule has 0 fully saturated rings. The average molecular weight is 300 g/mol. The van der Waals surface area contributed by atoms with E-state index in [1.807, 2.05) is 6.92 Å². The second-order valence-corrected chi connectivity index (χ2v) is 4.65. The number of rotatable bonds is 5. The van der Waals surface area contributed by atoms with E-state index in [9.17, 15) is 9.18 Å². The van der Waals surface area contributed by atoms with Crippen molar-refractivity contribution in [2.75, 3.05) is 13.7 Å². The molecule has 2 N–H and O–H groups in total. The molecule has 1 aromatic carbocycles. The fraction of sp³-hybridized carbons (Fsp3) is 0.176. The normalized spacial score (nSPS) is 16.1. The van der Waals surface area contributed by atoms with Gasteiger partial charge >= 0.3 is 0 Å². The molecule has 1 aliphatic rings. The predicted octanol–water partition coefficient (Wildman–Crippen LogP) is 3.18. The molecule has 22 heavy (non-hydrogen) atoms. The van der Waals surface area contributed by atoms with Crippen LogP contribution < -0.4 is 10.1 Å². The van der Waals surface area contributed by atoms with Crippen molar-refractivity contribution in [1.82, 2.24) is 5.32 Å². The van der Waals surface area contributed by atoms with Crippen molar-refractivity contribution in [3.05, 3.63) is 65.2 Å². The van der Waals surface area contributed by atoms with Crippen molar-refractivity contribution in [3.63, 3.8) is 0 Å². The molecule has 0 amide bonds. The summed E-state index contributed by atoms with van der Waals surface area (Å²) in [6.07, 6.45) is 3.73. The SMILES string of the molecule is CCN/C(C(=O)c1ccc(OC)cc1)=C1/C=C(F)C=CC1=N. The Morgan fingerprint density at radius 1 is 1.27 bits per heavy atom. The molecule has 0 radical (unpaired) electrons. The van der Waals surface area contributed by atoms with Gasteiger partial charge in [-0.2, -0.15) is 0 Å². The maximum absolute atomic E-state index is 13.5. The van der Waals surface area contributed by atoms with Crippen LogP contribution in [0.25, 0.3) is 0 Å². The highest BCUT2D eigenvalue weighted by molar-refractivity contribution is 6.18. The first-order valence-corrected chi connectivity index (χ1v) is 6.88. The lowest BCUT2D eigenvalue weighted by molar-refractivity contribution is 0.102. The van der Waals surface area contributed by atoms with Crippen LogP contribution in [-0.2, 0) is 0 Å². The molecular formula is C17H17FN2O2. The van der Waals surface area contributed by atoms with Crippen LogP contribution in [0.5, 0.6) is 5.75 Å². The minimum atomic E-state index is -0.482. The second-order valence-electron chi connectivity index (χ2n) is 4.65. The van der Waals surface area contributed by atoms with Gasteiger partial charge in [-0.3, -0.25) is 4.79 Å². The number of hydrogen-bond donors (Lipinski definition) is 2. The fourth-order valence-electron chi connectivity index (χ4n) is 2.08. The largest absolute Gasteiger partial charge is 0.497 e. The summed E-state index contributed by atoms with van der Waals surface area (Å²) in [4.78, 5) is 12.7. The number of ether oxygens (including phenoxy) is 1. The van der Waals surface area contributed by atoms with Crippen LogP contribution in [0.3, 0.4) is 0 Å². The Kier molecular flexibility index (Phi) is 4.88. The summed E-state index contributed by atoms with van der Waals surface area (Å²) in [5.74, 6) is -0.124. The highest BCUT2D eigenvalue weighted by atomic mass is 19.1. The van der Waals surface area contributed by atoms with E-state index in [-0.39, 0.29) is 22.8 Å². The van der Waals surface area contributed by atoms with Gasteiger partial charge in [0.05, 0.1) is 18.5 Å². The molecule has 5 heteroatoms. The molecule has 0 unspecified atom stereocenters. The van der Waals surface area contributed by atoms with E-state index < -0.39 is 5.83 Å². The number of allylic oxidation sites excluding steroid dienone is 6. The molecule has 0 atom stereocenters. The maximum atomic E-state index is 13.5. The molecule has 1 aromatic rings. The highest BCUT2D eigenvalue weighted by Gasteiger charge is 2.20. The Balaban J connectivity index is 2.44. The molecular weight excluding hydrogens is 283 g/mol. The fourth-order valence-corrected chi connectivity index (χ4v) is 2.08. The monoisotopic (exact) mass is 300 g/mol. The number of carbonyl (C=O) groups is 1. The van der Waals surface area contributed by atoms with E-state index in [1.54, 1.807) is 31.4 Å². The first-order chi connectivity index (χ1) is 10.6. The number of benzene rings is 1. The second kappa shape index (κ2) is 6.85. The summed E-state index contributed by atoms with van der Waals surface area (Å²) in [6.45, 7) is 2.33. The van der Waals surface area contributed by atoms with E-state index in [0.717, 1.165) is 0 Å². The van der Waals surface area contributed by atoms with Crippen LogP contribution in [0.4, 0.5) is 4.39 Å². The average Bonchev–Trinajstić information content (AvgIpc) is 2.54. The van der Waals surface area contributed by atoms with Gasteiger partial charge in [-0.1, -0.05) is 0 Å². The topological polar surface area (TPSA) is 62.2 Å². The molecule has 0 aromatic heterocycles. The van der Waals surface area contributed by atoms with Crippen LogP contribution >= 0.6 is 0 Å². The van der Waals surface area contributed by atoms with E-state index in [1.165, 1.54) is 18.2 Å². The van der Waals surface area contributed by atoms with Gasteiger partial charge in [-0.05, 0) is 49.4 Å². The number of halogens is 1. The van der Waals surface area contributed by atoms with Crippen LogP contribution in [0.15, 0.2) is 59.6 Å². The lowest BCUT2D eigenvalue weighted by Gasteiger charge is -2.15. The van der Waals surface area contributed by atoms with Crippen LogP contribution in [0.2, 0.25) is 0 Å². The Hall–Kier alpha value is -2.69. The number of hydrogen-bond acceptors (Lipinski definition) is 4. The lowest BCUT2D eigenvalue weighted by Crippen LogP contribution is -2.24. The van der Waals surface area contributed by atoms with Crippen LogP contribution in [0.1, 0.15) is 17.3 Å². The lowest BCUT2D eigenvalue weighted by atomic mass is 9.97. The van der Waals surface area contributed by atoms with Gasteiger partial charge in [0.1, 0.15) is 11.6 Å². The number of Topliss-reactive ketones (excluding diaryl/α,β-unsaturated/α-hetero) is 1. The van der Waals surface area contributed by atoms with Crippen LogP contribution in [0, 0.1) is 5.41 Å². The Bertz CT molecular complexity index is 685. The standard InChI is InChI=1S/C17H17FN2O2/c1-3-20-16(14-10-12(18)6-9-15(14)19)17(21)11-4-7-13(22-2)8-5-11/h4-10,19-20H,3H2,1-2H3/b16-14-,19-15?. The summed E-state index contributed by atoms with van der Waals surface area (Å²) in [5, 5.41) is 10.8. The quantitative estimate of drug-likeness (QED) is 0.648. The summed E-state index contributed by atoms with van der Waals surface area (Å²) in [7, 11) is 1.55. The molecule has 0 aliphatic heterocycles. The summed E-state index contributed by atoms with van der Waals surface area (Å²) in [6, 6.07) is 6.65. The van der Waals surface area contributed by atoms with Gasteiger partial charge in [0.2, 0.25) is 5.78 Å². The van der Waals surface area contributed by atoms with E-state index in [2.05, 4.69) is 5.32 Å². The van der Waals surface area contributed by atoms with Gasteiger partial charge < -0.3 is 15.5 Å². The summed E-state index contributed by atoms with van der Waals surface area (Å²) >= 11 is 0. The first kappa shape index (κ1) is 15.7. The van der Waals surface area contributed by atoms with Gasteiger partial charge in [-0.25, -0.2) is 4.39 Å². The minimum Gasteiger partial charge on any atom is -0.497 e. The molecule has 0 saturated heterocycles. The van der Waals surface area contributed by atoms with Crippen molar-refractivity contribution in [2.24, 2.45) is 0 Å². The summed E-state index contributed by atoms with van der Waals surface area (Å²) < 4.78 is 18.5. The van der Waals surface area contributed by atoms with E-state index in [0.29, 0.717) is 17.9 Å². The molecule has 0 spiro atoms. The third kappa shape index (κ3) is 3.31. The van der Waals surface area contributed by atoms with Gasteiger partial charge in [0.15, 0.2) is 0 Å². The van der Waals surface area contributed by atoms with E-state index in [4.69, 9.17) is 10.1 Å².